The number of rotatable bonds is 2. The quantitative estimate of drug-likeness (QED) is 0.621. The number of hydrogen-bond acceptors (Lipinski definition) is 5. The van der Waals surface area contributed by atoms with Crippen LogP contribution in [-0.2, 0) is 4.74 Å². The second kappa shape index (κ2) is 5.68. The standard InChI is InChI=1S/C14H17FN2O5/c1-4-5-14(15)11(20)10(8(3)18)22-12(14)17-7(2)6-9(19)16-13(17)21/h6,8,10-12,18,20H,1-3H3,(H,16,19,21)/t8-,10-,11+,12-,14?/m1/s1. The molecule has 2 rings (SSSR count). The van der Waals surface area contributed by atoms with Gasteiger partial charge in [-0.1, -0.05) is 5.92 Å². The van der Waals surface area contributed by atoms with Crippen LogP contribution in [0.15, 0.2) is 15.7 Å². The van der Waals surface area contributed by atoms with E-state index in [9.17, 15) is 19.8 Å². The molecule has 1 unspecified atom stereocenters. The zero-order valence-electron chi connectivity index (χ0n) is 12.3. The van der Waals surface area contributed by atoms with Crippen molar-refractivity contribution in [1.82, 2.24) is 9.55 Å². The number of nitrogens with one attached hydrogen (secondary N) is 1. The SMILES string of the molecule is CC#CC1(F)[C@@H](O)[C@@H]([C@@H](C)O)O[C@H]1n1c(C)cc(=O)[nH]c1=O. The van der Waals surface area contributed by atoms with Crippen molar-refractivity contribution >= 4 is 0 Å². The Morgan fingerprint density at radius 1 is 1.55 bits per heavy atom. The van der Waals surface area contributed by atoms with Crippen LogP contribution in [-0.4, -0.2) is 43.7 Å². The van der Waals surface area contributed by atoms with Crippen LogP contribution in [0.2, 0.25) is 0 Å². The van der Waals surface area contributed by atoms with E-state index in [-0.39, 0.29) is 5.69 Å². The highest BCUT2D eigenvalue weighted by Crippen LogP contribution is 2.42. The fourth-order valence-electron chi connectivity index (χ4n) is 2.57. The molecule has 1 saturated heterocycles. The molecule has 22 heavy (non-hydrogen) atoms. The zero-order valence-corrected chi connectivity index (χ0v) is 12.3. The molecular weight excluding hydrogens is 295 g/mol. The molecule has 0 saturated carbocycles. The summed E-state index contributed by atoms with van der Waals surface area (Å²) in [6.07, 6.45) is -5.76. The zero-order chi connectivity index (χ0) is 16.7. The van der Waals surface area contributed by atoms with Gasteiger partial charge >= 0.3 is 5.69 Å². The van der Waals surface area contributed by atoms with Gasteiger partial charge in [-0.25, -0.2) is 9.18 Å². The van der Waals surface area contributed by atoms with Crippen molar-refractivity contribution in [2.24, 2.45) is 0 Å². The van der Waals surface area contributed by atoms with Crippen LogP contribution in [0.3, 0.4) is 0 Å². The van der Waals surface area contributed by atoms with Crippen LogP contribution in [0.1, 0.15) is 25.8 Å². The van der Waals surface area contributed by atoms with E-state index in [1.807, 2.05) is 4.98 Å². The lowest BCUT2D eigenvalue weighted by Gasteiger charge is -2.25. The molecule has 0 aliphatic carbocycles. The molecule has 120 valence electrons. The first kappa shape index (κ1) is 16.4. The molecule has 0 radical (unpaired) electrons. The molecule has 1 aromatic rings. The lowest BCUT2D eigenvalue weighted by Crippen LogP contribution is -2.46. The highest BCUT2D eigenvalue weighted by Gasteiger charge is 2.59. The summed E-state index contributed by atoms with van der Waals surface area (Å²) in [4.78, 5) is 25.3. The Hall–Kier alpha value is -1.95. The van der Waals surface area contributed by atoms with Gasteiger partial charge in [-0.3, -0.25) is 14.3 Å². The van der Waals surface area contributed by atoms with Gasteiger partial charge in [0, 0.05) is 11.8 Å². The minimum atomic E-state index is -2.59. The van der Waals surface area contributed by atoms with E-state index < -0.39 is 41.5 Å². The summed E-state index contributed by atoms with van der Waals surface area (Å²) < 4.78 is 21.4. The first-order chi connectivity index (χ1) is 10.2. The first-order valence-corrected chi connectivity index (χ1v) is 6.69. The molecule has 0 aromatic carbocycles. The summed E-state index contributed by atoms with van der Waals surface area (Å²) >= 11 is 0. The monoisotopic (exact) mass is 312 g/mol. The Labute approximate surface area is 125 Å². The Balaban J connectivity index is 2.64. The summed E-state index contributed by atoms with van der Waals surface area (Å²) in [5.41, 5.74) is -3.95. The van der Waals surface area contributed by atoms with Crippen LogP contribution in [0.25, 0.3) is 0 Å². The van der Waals surface area contributed by atoms with Crippen molar-refractivity contribution in [2.45, 2.75) is 51.0 Å². The molecule has 8 heteroatoms. The van der Waals surface area contributed by atoms with Crippen molar-refractivity contribution in [3.8, 4) is 11.8 Å². The van der Waals surface area contributed by atoms with Gasteiger partial charge in [0.1, 0.15) is 12.2 Å². The van der Waals surface area contributed by atoms with Gasteiger partial charge < -0.3 is 14.9 Å². The van der Waals surface area contributed by atoms with Crippen LogP contribution < -0.4 is 11.2 Å². The van der Waals surface area contributed by atoms with E-state index in [0.29, 0.717) is 0 Å². The maximum atomic E-state index is 15.2. The van der Waals surface area contributed by atoms with Crippen molar-refractivity contribution in [3.63, 3.8) is 0 Å². The Morgan fingerprint density at radius 3 is 2.68 bits per heavy atom. The summed E-state index contributed by atoms with van der Waals surface area (Å²) in [6, 6.07) is 1.10. The van der Waals surface area contributed by atoms with Gasteiger partial charge in [-0.05, 0) is 20.8 Å². The van der Waals surface area contributed by atoms with E-state index in [1.165, 1.54) is 20.8 Å². The smallest absolute Gasteiger partial charge is 0.330 e. The topological polar surface area (TPSA) is 105 Å². The number of aliphatic hydroxyl groups excluding tert-OH is 2. The predicted molar refractivity (Wildman–Crippen MR) is 74.9 cm³/mol. The van der Waals surface area contributed by atoms with Crippen molar-refractivity contribution in [1.29, 1.82) is 0 Å². The normalized spacial score (nSPS) is 32.4. The van der Waals surface area contributed by atoms with E-state index in [2.05, 4.69) is 11.8 Å². The molecule has 1 fully saturated rings. The number of hydrogen-bond donors (Lipinski definition) is 3. The number of aromatic nitrogens is 2. The van der Waals surface area contributed by atoms with Gasteiger partial charge in [0.25, 0.3) is 5.56 Å². The van der Waals surface area contributed by atoms with Crippen LogP contribution in [0.5, 0.6) is 0 Å². The summed E-state index contributed by atoms with van der Waals surface area (Å²) in [5, 5.41) is 19.8. The number of aliphatic hydroxyl groups is 2. The molecule has 0 spiro atoms. The molecule has 2 heterocycles. The molecule has 7 nitrogen and oxygen atoms in total. The van der Waals surface area contributed by atoms with Crippen LogP contribution in [0, 0.1) is 18.8 Å². The number of aromatic amines is 1. The molecule has 1 aliphatic heterocycles. The summed E-state index contributed by atoms with van der Waals surface area (Å²) in [7, 11) is 0. The van der Waals surface area contributed by atoms with Crippen molar-refractivity contribution in [2.75, 3.05) is 0 Å². The van der Waals surface area contributed by atoms with Gasteiger partial charge in [0.15, 0.2) is 6.23 Å². The molecule has 0 amide bonds. The second-order valence-electron chi connectivity index (χ2n) is 5.23. The average molecular weight is 312 g/mol. The molecule has 1 aliphatic rings. The summed E-state index contributed by atoms with van der Waals surface area (Å²) in [5.74, 6) is 4.57. The third kappa shape index (κ3) is 2.47. The maximum absolute atomic E-state index is 15.2. The maximum Gasteiger partial charge on any atom is 0.330 e. The largest absolute Gasteiger partial charge is 0.391 e. The fraction of sp³-hybridized carbons (Fsp3) is 0.571. The minimum Gasteiger partial charge on any atom is -0.391 e. The number of alkyl halides is 1. The third-order valence-electron chi connectivity index (χ3n) is 3.58. The third-order valence-corrected chi connectivity index (χ3v) is 3.58. The van der Waals surface area contributed by atoms with E-state index >= 15 is 4.39 Å². The number of ether oxygens (including phenoxy) is 1. The highest BCUT2D eigenvalue weighted by molar-refractivity contribution is 5.23. The number of halogens is 1. The number of H-pyrrole nitrogens is 1. The van der Waals surface area contributed by atoms with Gasteiger partial charge in [-0.15, -0.1) is 5.92 Å². The van der Waals surface area contributed by atoms with E-state index in [4.69, 9.17) is 4.74 Å². The molecule has 1 aromatic heterocycles. The Morgan fingerprint density at radius 2 is 2.18 bits per heavy atom. The van der Waals surface area contributed by atoms with Crippen LogP contribution in [0.4, 0.5) is 4.39 Å². The number of nitrogens with zero attached hydrogens (tertiary/aromatic N) is 1. The average Bonchev–Trinajstić information content (AvgIpc) is 2.63. The van der Waals surface area contributed by atoms with Crippen molar-refractivity contribution < 1.29 is 19.3 Å². The predicted octanol–water partition coefficient (Wildman–Crippen LogP) is -0.784. The summed E-state index contributed by atoms with van der Waals surface area (Å²) in [6.45, 7) is 4.14. The van der Waals surface area contributed by atoms with Crippen LogP contribution >= 0.6 is 0 Å². The van der Waals surface area contributed by atoms with Gasteiger partial charge in [0.05, 0.1) is 6.10 Å². The second-order valence-corrected chi connectivity index (χ2v) is 5.23. The molecule has 0 bridgehead atoms. The van der Waals surface area contributed by atoms with Crippen molar-refractivity contribution in [3.05, 3.63) is 32.6 Å². The Bertz CT molecular complexity index is 744. The molecular formula is C14H17FN2O5. The lowest BCUT2D eigenvalue weighted by atomic mass is 9.94. The molecule has 3 N–H and O–H groups in total. The highest BCUT2D eigenvalue weighted by atomic mass is 19.1. The minimum absolute atomic E-state index is 0.150. The van der Waals surface area contributed by atoms with Gasteiger partial charge in [-0.2, -0.15) is 0 Å². The lowest BCUT2D eigenvalue weighted by molar-refractivity contribution is -0.0809. The number of aryl methyl sites for hydroxylation is 1. The van der Waals surface area contributed by atoms with E-state index in [1.54, 1.807) is 0 Å². The van der Waals surface area contributed by atoms with Gasteiger partial charge in [0.2, 0.25) is 5.67 Å². The molecule has 5 atom stereocenters. The Kier molecular flexibility index (Phi) is 4.24. The first-order valence-electron chi connectivity index (χ1n) is 6.69. The van der Waals surface area contributed by atoms with E-state index in [0.717, 1.165) is 10.6 Å². The fourth-order valence-corrected chi connectivity index (χ4v) is 2.57.